The standard InChI is InChI=1S/C30H35Cl2FN6O2/c1-17-15-39(30-24(32)12-22(13-34-30)36-27-26(28(40)29(27)41)35-21-5-6-21)18(2)14-38(17)23-7-9-37(10-8-23)16-19-3-4-20(31)11-25(19)33/h3-4,11-13,17-18,21,23,35-36H,5-10,14-16H2,1-2H3/t17-,18+/m0/s1. The van der Waals surface area contributed by atoms with Gasteiger partial charge in [0.25, 0.3) is 10.9 Å². The predicted octanol–water partition coefficient (Wildman–Crippen LogP) is 5.01. The zero-order valence-corrected chi connectivity index (χ0v) is 24.8. The zero-order valence-electron chi connectivity index (χ0n) is 23.3. The number of rotatable bonds is 8. The van der Waals surface area contributed by atoms with Crippen LogP contribution in [0, 0.1) is 5.82 Å². The van der Waals surface area contributed by atoms with Gasteiger partial charge in [-0.3, -0.25) is 19.4 Å². The van der Waals surface area contributed by atoms with Crippen molar-refractivity contribution in [2.75, 3.05) is 41.7 Å². The first kappa shape index (κ1) is 28.4. The summed E-state index contributed by atoms with van der Waals surface area (Å²) in [6, 6.07) is 7.95. The van der Waals surface area contributed by atoms with Crippen molar-refractivity contribution >= 4 is 46.1 Å². The van der Waals surface area contributed by atoms with E-state index in [1.54, 1.807) is 24.4 Å². The summed E-state index contributed by atoms with van der Waals surface area (Å²) in [5, 5.41) is 7.11. The Morgan fingerprint density at radius 3 is 2.39 bits per heavy atom. The van der Waals surface area contributed by atoms with Gasteiger partial charge in [-0.15, -0.1) is 0 Å². The average Bonchev–Trinajstić information content (AvgIpc) is 3.78. The largest absolute Gasteiger partial charge is 0.377 e. The van der Waals surface area contributed by atoms with Gasteiger partial charge in [-0.25, -0.2) is 9.37 Å². The van der Waals surface area contributed by atoms with Crippen LogP contribution in [-0.2, 0) is 6.54 Å². The number of pyridine rings is 1. The van der Waals surface area contributed by atoms with Crippen molar-refractivity contribution in [1.29, 1.82) is 0 Å². The Kier molecular flexibility index (Phi) is 7.98. The number of aromatic nitrogens is 1. The molecule has 41 heavy (non-hydrogen) atoms. The molecule has 1 aromatic heterocycles. The molecule has 8 nitrogen and oxygen atoms in total. The van der Waals surface area contributed by atoms with Gasteiger partial charge in [-0.05, 0) is 70.8 Å². The Morgan fingerprint density at radius 1 is 0.976 bits per heavy atom. The van der Waals surface area contributed by atoms with E-state index in [0.29, 0.717) is 45.6 Å². The molecule has 0 spiro atoms. The Bertz CT molecular complexity index is 1500. The number of nitrogens with one attached hydrogen (secondary N) is 2. The van der Waals surface area contributed by atoms with Gasteiger partial charge in [0.05, 0.1) is 16.9 Å². The molecule has 2 N–H and O–H groups in total. The van der Waals surface area contributed by atoms with Crippen LogP contribution in [0.2, 0.25) is 10.0 Å². The molecule has 2 aliphatic heterocycles. The van der Waals surface area contributed by atoms with Gasteiger partial charge in [0.15, 0.2) is 0 Å². The topological polar surface area (TPSA) is 80.8 Å². The molecule has 2 atom stereocenters. The maximum Gasteiger partial charge on any atom is 0.253 e. The maximum atomic E-state index is 14.3. The minimum absolute atomic E-state index is 0.207. The van der Waals surface area contributed by atoms with Crippen molar-refractivity contribution in [2.45, 2.75) is 70.2 Å². The number of piperidine rings is 1. The van der Waals surface area contributed by atoms with Crippen LogP contribution in [0.4, 0.5) is 27.3 Å². The minimum Gasteiger partial charge on any atom is -0.377 e. The number of piperazine rings is 1. The molecule has 2 aromatic carbocycles. The second-order valence-electron chi connectivity index (χ2n) is 11.8. The summed E-state index contributed by atoms with van der Waals surface area (Å²) in [6.45, 7) is 8.60. The van der Waals surface area contributed by atoms with Crippen LogP contribution >= 0.6 is 23.2 Å². The van der Waals surface area contributed by atoms with Gasteiger partial charge in [0.2, 0.25) is 0 Å². The first-order chi connectivity index (χ1) is 19.7. The highest BCUT2D eigenvalue weighted by molar-refractivity contribution is 6.33. The summed E-state index contributed by atoms with van der Waals surface area (Å²) in [5.74, 6) is 0.477. The third kappa shape index (κ3) is 5.95. The lowest BCUT2D eigenvalue weighted by Crippen LogP contribution is -2.61. The summed E-state index contributed by atoms with van der Waals surface area (Å²) in [5.41, 5.74) is 0.918. The van der Waals surface area contributed by atoms with E-state index in [1.807, 2.05) is 0 Å². The molecule has 218 valence electrons. The van der Waals surface area contributed by atoms with E-state index in [1.165, 1.54) is 6.07 Å². The molecule has 1 saturated carbocycles. The van der Waals surface area contributed by atoms with Crippen molar-refractivity contribution in [1.82, 2.24) is 14.8 Å². The number of nitrogens with zero attached hydrogens (tertiary/aromatic N) is 4. The van der Waals surface area contributed by atoms with Gasteiger partial charge in [0.1, 0.15) is 23.0 Å². The molecule has 1 aliphatic carbocycles. The van der Waals surface area contributed by atoms with Crippen LogP contribution < -0.4 is 26.4 Å². The molecule has 3 heterocycles. The Morgan fingerprint density at radius 2 is 1.71 bits per heavy atom. The monoisotopic (exact) mass is 600 g/mol. The highest BCUT2D eigenvalue weighted by Gasteiger charge is 2.36. The SMILES string of the molecule is C[C@@H]1CN(C2CCN(Cc3ccc(Cl)cc3F)CC2)[C@@H](C)CN1c1ncc(Nc2c(NC3CC3)c(=O)c2=O)cc1Cl. The molecular weight excluding hydrogens is 566 g/mol. The van der Waals surface area contributed by atoms with Crippen LogP contribution in [-0.4, -0.2) is 65.1 Å². The quantitative estimate of drug-likeness (QED) is 0.349. The van der Waals surface area contributed by atoms with Gasteiger partial charge in [0, 0.05) is 54.4 Å². The van der Waals surface area contributed by atoms with Crippen molar-refractivity contribution in [3.05, 3.63) is 72.3 Å². The lowest BCUT2D eigenvalue weighted by molar-refractivity contribution is 0.0583. The molecule has 2 saturated heterocycles. The second-order valence-corrected chi connectivity index (χ2v) is 12.6. The summed E-state index contributed by atoms with van der Waals surface area (Å²) in [4.78, 5) is 36.0. The van der Waals surface area contributed by atoms with Crippen LogP contribution in [0.15, 0.2) is 40.1 Å². The summed E-state index contributed by atoms with van der Waals surface area (Å²) < 4.78 is 14.3. The molecule has 6 rings (SSSR count). The lowest BCUT2D eigenvalue weighted by Gasteiger charge is -2.49. The van der Waals surface area contributed by atoms with E-state index in [2.05, 4.69) is 44.2 Å². The molecule has 0 amide bonds. The summed E-state index contributed by atoms with van der Waals surface area (Å²) >= 11 is 12.6. The minimum atomic E-state index is -0.519. The number of hydrogen-bond donors (Lipinski definition) is 2. The van der Waals surface area contributed by atoms with E-state index in [9.17, 15) is 14.0 Å². The number of anilines is 4. The molecule has 11 heteroatoms. The van der Waals surface area contributed by atoms with Gasteiger partial charge >= 0.3 is 0 Å². The Balaban J connectivity index is 1.06. The normalized spacial score (nSPS) is 22.8. The molecule has 0 bridgehead atoms. The third-order valence-corrected chi connectivity index (χ3v) is 9.18. The highest BCUT2D eigenvalue weighted by Crippen LogP contribution is 2.34. The smallest absolute Gasteiger partial charge is 0.253 e. The van der Waals surface area contributed by atoms with E-state index >= 15 is 0 Å². The van der Waals surface area contributed by atoms with E-state index < -0.39 is 10.9 Å². The number of halogens is 3. The molecule has 3 aromatic rings. The Hall–Kier alpha value is -2.72. The van der Waals surface area contributed by atoms with Crippen molar-refractivity contribution < 1.29 is 4.39 Å². The lowest BCUT2D eigenvalue weighted by atomic mass is 9.97. The fourth-order valence-electron chi connectivity index (χ4n) is 6.19. The Labute approximate surface area is 249 Å². The molecule has 3 aliphatic rings. The number of hydrogen-bond acceptors (Lipinski definition) is 8. The predicted molar refractivity (Wildman–Crippen MR) is 163 cm³/mol. The second kappa shape index (κ2) is 11.5. The average molecular weight is 602 g/mol. The van der Waals surface area contributed by atoms with E-state index in [-0.39, 0.29) is 23.6 Å². The first-order valence-corrected chi connectivity index (χ1v) is 15.1. The van der Waals surface area contributed by atoms with Gasteiger partial charge in [-0.1, -0.05) is 29.3 Å². The third-order valence-electron chi connectivity index (χ3n) is 8.67. The summed E-state index contributed by atoms with van der Waals surface area (Å²) in [6.07, 6.45) is 5.77. The molecule has 0 radical (unpaired) electrons. The van der Waals surface area contributed by atoms with Gasteiger partial charge in [-0.2, -0.15) is 0 Å². The van der Waals surface area contributed by atoms with Crippen molar-refractivity contribution in [3.8, 4) is 0 Å². The van der Waals surface area contributed by atoms with Crippen LogP contribution in [0.5, 0.6) is 0 Å². The fraction of sp³-hybridized carbons (Fsp3) is 0.500. The highest BCUT2D eigenvalue weighted by atomic mass is 35.5. The number of likely N-dealkylation sites (tertiary alicyclic amines) is 1. The fourth-order valence-corrected chi connectivity index (χ4v) is 6.63. The van der Waals surface area contributed by atoms with Crippen LogP contribution in [0.3, 0.4) is 0 Å². The number of benzene rings is 1. The van der Waals surface area contributed by atoms with Gasteiger partial charge < -0.3 is 15.5 Å². The molecule has 3 fully saturated rings. The van der Waals surface area contributed by atoms with Crippen LogP contribution in [0.25, 0.3) is 0 Å². The maximum absolute atomic E-state index is 14.3. The molecule has 0 unspecified atom stereocenters. The van der Waals surface area contributed by atoms with E-state index in [0.717, 1.165) is 57.7 Å². The van der Waals surface area contributed by atoms with E-state index in [4.69, 9.17) is 23.2 Å². The van der Waals surface area contributed by atoms with Crippen LogP contribution in [0.1, 0.15) is 45.1 Å². The van der Waals surface area contributed by atoms with Crippen molar-refractivity contribution in [2.24, 2.45) is 0 Å². The zero-order chi connectivity index (χ0) is 28.8. The molecular formula is C30H35Cl2FN6O2. The summed E-state index contributed by atoms with van der Waals surface area (Å²) in [7, 11) is 0. The first-order valence-electron chi connectivity index (χ1n) is 14.4. The van der Waals surface area contributed by atoms with Crippen molar-refractivity contribution in [3.63, 3.8) is 0 Å².